The van der Waals surface area contributed by atoms with Gasteiger partial charge in [0.15, 0.2) is 0 Å². The number of aromatic nitrogens is 1. The largest absolute Gasteiger partial charge is 0.318 e. The van der Waals surface area contributed by atoms with Crippen LogP contribution in [0.2, 0.25) is 0 Å². The predicted molar refractivity (Wildman–Crippen MR) is 60.8 cm³/mol. The molecular weight excluding hydrogens is 170 g/mol. The van der Waals surface area contributed by atoms with Gasteiger partial charge < -0.3 is 4.40 Å². The molecular formula is C13H17N. The van der Waals surface area contributed by atoms with Crippen molar-refractivity contribution < 1.29 is 0 Å². The van der Waals surface area contributed by atoms with E-state index in [0.29, 0.717) is 0 Å². The van der Waals surface area contributed by atoms with E-state index in [0.717, 1.165) is 0 Å². The Morgan fingerprint density at radius 3 is 2.36 bits per heavy atom. The number of nitrogens with zero attached hydrogens (tertiary/aromatic N) is 1. The average molecular weight is 187 g/mol. The van der Waals surface area contributed by atoms with Crippen molar-refractivity contribution in [2.24, 2.45) is 0 Å². The highest BCUT2D eigenvalue weighted by Gasteiger charge is 2.17. The lowest BCUT2D eigenvalue weighted by atomic mass is 9.91. The summed E-state index contributed by atoms with van der Waals surface area (Å²) in [7, 11) is 0. The van der Waals surface area contributed by atoms with Crippen LogP contribution in [0.4, 0.5) is 0 Å². The van der Waals surface area contributed by atoms with Gasteiger partial charge in [-0.15, -0.1) is 0 Å². The second kappa shape index (κ2) is 2.88. The van der Waals surface area contributed by atoms with Crippen LogP contribution in [-0.4, -0.2) is 4.40 Å². The summed E-state index contributed by atoms with van der Waals surface area (Å²) in [5.74, 6) is 0. The number of rotatable bonds is 0. The van der Waals surface area contributed by atoms with Gasteiger partial charge in [0.05, 0.1) is 0 Å². The second-order valence-electron chi connectivity index (χ2n) is 4.90. The summed E-state index contributed by atoms with van der Waals surface area (Å²) in [5.41, 5.74) is 4.17. The molecule has 0 atom stereocenters. The third kappa shape index (κ3) is 1.33. The van der Waals surface area contributed by atoms with Crippen LogP contribution in [0.1, 0.15) is 32.2 Å². The summed E-state index contributed by atoms with van der Waals surface area (Å²) in [6, 6.07) is 10.8. The lowest BCUT2D eigenvalue weighted by Crippen LogP contribution is -2.16. The summed E-state index contributed by atoms with van der Waals surface area (Å²) in [6.45, 7) is 8.91. The molecule has 0 fully saturated rings. The third-order valence-electron chi connectivity index (χ3n) is 2.64. The molecule has 0 aliphatic carbocycles. The molecule has 14 heavy (non-hydrogen) atoms. The van der Waals surface area contributed by atoms with E-state index >= 15 is 0 Å². The van der Waals surface area contributed by atoms with Crippen LogP contribution in [0.15, 0.2) is 30.3 Å². The van der Waals surface area contributed by atoms with E-state index in [-0.39, 0.29) is 5.41 Å². The van der Waals surface area contributed by atoms with Gasteiger partial charge in [-0.05, 0) is 31.2 Å². The van der Waals surface area contributed by atoms with Crippen molar-refractivity contribution in [2.75, 3.05) is 0 Å². The van der Waals surface area contributed by atoms with Crippen LogP contribution in [0, 0.1) is 6.92 Å². The number of fused-ring (bicyclic) bond motifs is 1. The molecule has 2 heterocycles. The van der Waals surface area contributed by atoms with Crippen LogP contribution in [-0.2, 0) is 5.41 Å². The van der Waals surface area contributed by atoms with Gasteiger partial charge in [-0.3, -0.25) is 0 Å². The van der Waals surface area contributed by atoms with E-state index in [2.05, 4.69) is 62.4 Å². The fraction of sp³-hybridized carbons (Fsp3) is 0.385. The lowest BCUT2D eigenvalue weighted by molar-refractivity contribution is 0.559. The molecule has 1 nitrogen and oxygen atoms in total. The quantitative estimate of drug-likeness (QED) is 0.594. The molecule has 0 aliphatic heterocycles. The highest BCUT2D eigenvalue weighted by Crippen LogP contribution is 2.24. The zero-order valence-corrected chi connectivity index (χ0v) is 9.33. The molecule has 0 amide bonds. The first kappa shape index (κ1) is 9.32. The third-order valence-corrected chi connectivity index (χ3v) is 2.64. The molecule has 2 aromatic rings. The van der Waals surface area contributed by atoms with Gasteiger partial charge in [-0.2, -0.15) is 0 Å². The highest BCUT2D eigenvalue weighted by molar-refractivity contribution is 5.51. The number of hydrogen-bond acceptors (Lipinski definition) is 0. The smallest absolute Gasteiger partial charge is 0.0455 e. The van der Waals surface area contributed by atoms with Crippen LogP contribution < -0.4 is 0 Å². The van der Waals surface area contributed by atoms with Gasteiger partial charge in [0, 0.05) is 22.3 Å². The standard InChI is InChI=1S/C13H17N/c1-10-8-9-11-6-5-7-12(14(10)11)13(2,3)4/h5-9H,1-4H3. The van der Waals surface area contributed by atoms with Crippen LogP contribution >= 0.6 is 0 Å². The Morgan fingerprint density at radius 2 is 1.71 bits per heavy atom. The van der Waals surface area contributed by atoms with Gasteiger partial charge in [-0.1, -0.05) is 26.8 Å². The Labute approximate surface area is 85.4 Å². The van der Waals surface area contributed by atoms with Gasteiger partial charge in [-0.25, -0.2) is 0 Å². The van der Waals surface area contributed by atoms with Gasteiger partial charge in [0.1, 0.15) is 0 Å². The summed E-state index contributed by atoms with van der Waals surface area (Å²) in [4.78, 5) is 0. The topological polar surface area (TPSA) is 4.41 Å². The molecule has 1 heteroatoms. The van der Waals surface area contributed by atoms with Crippen molar-refractivity contribution in [3.63, 3.8) is 0 Å². The van der Waals surface area contributed by atoms with Crippen molar-refractivity contribution >= 4 is 5.52 Å². The second-order valence-corrected chi connectivity index (χ2v) is 4.90. The van der Waals surface area contributed by atoms with E-state index in [9.17, 15) is 0 Å². The molecule has 0 N–H and O–H groups in total. The van der Waals surface area contributed by atoms with E-state index in [1.165, 1.54) is 16.9 Å². The Kier molecular flexibility index (Phi) is 1.91. The molecule has 74 valence electrons. The van der Waals surface area contributed by atoms with Crippen molar-refractivity contribution in [3.05, 3.63) is 41.7 Å². The minimum Gasteiger partial charge on any atom is -0.318 e. The normalized spacial score (nSPS) is 12.3. The van der Waals surface area contributed by atoms with E-state index in [4.69, 9.17) is 0 Å². The molecule has 0 saturated heterocycles. The van der Waals surface area contributed by atoms with Crippen molar-refractivity contribution in [2.45, 2.75) is 33.1 Å². The first-order valence-electron chi connectivity index (χ1n) is 5.08. The minimum atomic E-state index is 0.198. The maximum atomic E-state index is 2.33. The van der Waals surface area contributed by atoms with Crippen molar-refractivity contribution in [1.29, 1.82) is 0 Å². The zero-order valence-electron chi connectivity index (χ0n) is 9.33. The SMILES string of the molecule is Cc1ccc2cccc(C(C)(C)C)n12. The van der Waals surface area contributed by atoms with E-state index < -0.39 is 0 Å². The molecule has 0 unspecified atom stereocenters. The molecule has 0 radical (unpaired) electrons. The molecule has 2 rings (SSSR count). The molecule has 0 aromatic carbocycles. The summed E-state index contributed by atoms with van der Waals surface area (Å²) in [5, 5.41) is 0. The maximum Gasteiger partial charge on any atom is 0.0455 e. The van der Waals surface area contributed by atoms with Crippen LogP contribution in [0.5, 0.6) is 0 Å². The van der Waals surface area contributed by atoms with Crippen molar-refractivity contribution in [3.8, 4) is 0 Å². The van der Waals surface area contributed by atoms with Crippen molar-refractivity contribution in [1.82, 2.24) is 4.40 Å². The molecule has 2 aromatic heterocycles. The average Bonchev–Trinajstić information content (AvgIpc) is 2.46. The molecule has 0 bridgehead atoms. The van der Waals surface area contributed by atoms with Gasteiger partial charge >= 0.3 is 0 Å². The van der Waals surface area contributed by atoms with Gasteiger partial charge in [0.25, 0.3) is 0 Å². The Hall–Kier alpha value is -1.24. The zero-order chi connectivity index (χ0) is 10.3. The van der Waals surface area contributed by atoms with Crippen LogP contribution in [0.25, 0.3) is 5.52 Å². The molecule has 0 aliphatic rings. The fourth-order valence-electron chi connectivity index (χ4n) is 1.92. The highest BCUT2D eigenvalue weighted by atomic mass is 14.9. The summed E-state index contributed by atoms with van der Waals surface area (Å²) >= 11 is 0. The first-order chi connectivity index (χ1) is 6.50. The Balaban J connectivity index is 2.82. The van der Waals surface area contributed by atoms with E-state index in [1.54, 1.807) is 0 Å². The first-order valence-corrected chi connectivity index (χ1v) is 5.08. The van der Waals surface area contributed by atoms with Gasteiger partial charge in [0.2, 0.25) is 0 Å². The Morgan fingerprint density at radius 1 is 1.00 bits per heavy atom. The predicted octanol–water partition coefficient (Wildman–Crippen LogP) is 3.55. The lowest BCUT2D eigenvalue weighted by Gasteiger charge is -2.21. The van der Waals surface area contributed by atoms with E-state index in [1.807, 2.05) is 0 Å². The maximum absolute atomic E-state index is 2.33. The molecule has 0 spiro atoms. The minimum absolute atomic E-state index is 0.198. The summed E-state index contributed by atoms with van der Waals surface area (Å²) in [6.07, 6.45) is 0. The fourth-order valence-corrected chi connectivity index (χ4v) is 1.92. The van der Waals surface area contributed by atoms with Crippen LogP contribution in [0.3, 0.4) is 0 Å². The number of hydrogen-bond donors (Lipinski definition) is 0. The number of aryl methyl sites for hydroxylation is 1. The summed E-state index contributed by atoms with van der Waals surface area (Å²) < 4.78 is 2.33. The Bertz CT molecular complexity index is 458. The monoisotopic (exact) mass is 187 g/mol. The molecule has 0 saturated carbocycles. The number of pyridine rings is 1.